The minimum Gasteiger partial charge on any atom is -0.489 e. The molecule has 3 atom stereocenters. The van der Waals surface area contributed by atoms with Crippen LogP contribution in [0.15, 0.2) is 36.4 Å². The normalized spacial score (nSPS) is 25.0. The van der Waals surface area contributed by atoms with Crippen molar-refractivity contribution >= 4 is 0 Å². The van der Waals surface area contributed by atoms with Crippen LogP contribution in [0.2, 0.25) is 0 Å². The predicted molar refractivity (Wildman–Crippen MR) is 89.0 cm³/mol. The second-order valence-corrected chi connectivity index (χ2v) is 6.11. The Labute approximate surface area is 134 Å². The van der Waals surface area contributed by atoms with Gasteiger partial charge in [-0.1, -0.05) is 39.0 Å². The Morgan fingerprint density at radius 1 is 1.27 bits per heavy atom. The average Bonchev–Trinajstić information content (AvgIpc) is 2.53. The maximum absolute atomic E-state index is 6.18. The van der Waals surface area contributed by atoms with Gasteiger partial charge in [0.25, 0.3) is 0 Å². The summed E-state index contributed by atoms with van der Waals surface area (Å²) in [6.45, 7) is 11.5. The molecule has 0 bridgehead atoms. The molecule has 22 heavy (non-hydrogen) atoms. The summed E-state index contributed by atoms with van der Waals surface area (Å²) in [5.74, 6) is 1.36. The molecule has 1 fully saturated rings. The van der Waals surface area contributed by atoms with Gasteiger partial charge < -0.3 is 14.2 Å². The topological polar surface area (TPSA) is 27.7 Å². The van der Waals surface area contributed by atoms with E-state index >= 15 is 0 Å². The summed E-state index contributed by atoms with van der Waals surface area (Å²) in [5, 5.41) is 0. The van der Waals surface area contributed by atoms with Crippen LogP contribution in [0.4, 0.5) is 0 Å². The number of benzene rings is 1. The first-order valence-corrected chi connectivity index (χ1v) is 8.28. The third kappa shape index (κ3) is 4.59. The maximum Gasteiger partial charge on any atom is 0.184 e. The lowest BCUT2D eigenvalue weighted by molar-refractivity contribution is -0.243. The van der Waals surface area contributed by atoms with E-state index in [9.17, 15) is 0 Å². The van der Waals surface area contributed by atoms with Gasteiger partial charge in [0.1, 0.15) is 12.4 Å². The fraction of sp³-hybridized carbons (Fsp3) is 0.579. The van der Waals surface area contributed by atoms with Crippen molar-refractivity contribution in [2.45, 2.75) is 52.4 Å². The quantitative estimate of drug-likeness (QED) is 0.672. The first-order valence-electron chi connectivity index (χ1n) is 8.28. The Balaban J connectivity index is 1.97. The maximum atomic E-state index is 6.18. The molecule has 122 valence electrons. The third-order valence-electron chi connectivity index (χ3n) is 4.02. The van der Waals surface area contributed by atoms with Crippen LogP contribution in [0.1, 0.15) is 51.9 Å². The monoisotopic (exact) mass is 304 g/mol. The van der Waals surface area contributed by atoms with Crippen LogP contribution in [0, 0.1) is 5.92 Å². The van der Waals surface area contributed by atoms with Crippen molar-refractivity contribution in [1.82, 2.24) is 0 Å². The van der Waals surface area contributed by atoms with Gasteiger partial charge in [-0.15, -0.1) is 0 Å². The van der Waals surface area contributed by atoms with Crippen LogP contribution in [-0.2, 0) is 9.47 Å². The Kier molecular flexibility index (Phi) is 6.47. The molecule has 0 unspecified atom stereocenters. The van der Waals surface area contributed by atoms with Gasteiger partial charge in [0.2, 0.25) is 0 Å². The molecule has 0 aliphatic carbocycles. The van der Waals surface area contributed by atoms with Gasteiger partial charge in [-0.05, 0) is 37.5 Å². The van der Waals surface area contributed by atoms with Crippen LogP contribution >= 0.6 is 0 Å². The lowest BCUT2D eigenvalue weighted by atomic mass is 9.95. The molecule has 0 amide bonds. The summed E-state index contributed by atoms with van der Waals surface area (Å²) >= 11 is 0. The fourth-order valence-electron chi connectivity index (χ4n) is 2.70. The highest BCUT2D eigenvalue weighted by atomic mass is 16.7. The highest BCUT2D eigenvalue weighted by Crippen LogP contribution is 2.33. The van der Waals surface area contributed by atoms with E-state index in [1.807, 2.05) is 31.2 Å². The van der Waals surface area contributed by atoms with E-state index in [1.54, 1.807) is 0 Å². The summed E-state index contributed by atoms with van der Waals surface area (Å²) in [7, 11) is 0. The molecule has 0 spiro atoms. The Hall–Kier alpha value is -1.32. The smallest absolute Gasteiger partial charge is 0.184 e. The summed E-state index contributed by atoms with van der Waals surface area (Å²) in [6, 6.07) is 7.97. The molecule has 3 heteroatoms. The van der Waals surface area contributed by atoms with Crippen LogP contribution in [0.3, 0.4) is 0 Å². The molecule has 0 saturated carbocycles. The van der Waals surface area contributed by atoms with Crippen molar-refractivity contribution in [3.8, 4) is 5.75 Å². The zero-order valence-electron chi connectivity index (χ0n) is 14.0. The van der Waals surface area contributed by atoms with E-state index in [4.69, 9.17) is 14.2 Å². The second kappa shape index (κ2) is 8.35. The van der Waals surface area contributed by atoms with Crippen molar-refractivity contribution in [1.29, 1.82) is 0 Å². The van der Waals surface area contributed by atoms with Crippen LogP contribution in [0.5, 0.6) is 5.75 Å². The van der Waals surface area contributed by atoms with Crippen molar-refractivity contribution in [3.05, 3.63) is 42.0 Å². The molecule has 1 saturated heterocycles. The molecule has 1 aliphatic heterocycles. The highest BCUT2D eigenvalue weighted by Gasteiger charge is 2.30. The molecular weight excluding hydrogens is 276 g/mol. The van der Waals surface area contributed by atoms with Gasteiger partial charge in [0.05, 0.1) is 12.7 Å². The van der Waals surface area contributed by atoms with Crippen molar-refractivity contribution in [2.24, 2.45) is 5.92 Å². The Bertz CT molecular complexity index is 466. The standard InChI is InChI=1S/C19H28O3/c1-5-7-18-15(6-2)13-21-19(22-18)16-8-10-17(11-9-16)20-12-14(3)4/h8-11,15,18-19H,3,5-7,12-13H2,1-2,4H3/t15-,18-,19+/m1/s1. The molecule has 1 aliphatic rings. The molecule has 3 nitrogen and oxygen atoms in total. The summed E-state index contributed by atoms with van der Waals surface area (Å²) in [4.78, 5) is 0. The van der Waals surface area contributed by atoms with Crippen molar-refractivity contribution in [3.63, 3.8) is 0 Å². The first kappa shape index (κ1) is 17.0. The number of hydrogen-bond acceptors (Lipinski definition) is 3. The van der Waals surface area contributed by atoms with E-state index < -0.39 is 0 Å². The fourth-order valence-corrected chi connectivity index (χ4v) is 2.70. The van der Waals surface area contributed by atoms with Crippen LogP contribution in [0.25, 0.3) is 0 Å². The number of hydrogen-bond donors (Lipinski definition) is 0. The zero-order chi connectivity index (χ0) is 15.9. The molecule has 0 N–H and O–H groups in total. The molecular formula is C19H28O3. The Morgan fingerprint density at radius 3 is 2.59 bits per heavy atom. The predicted octanol–water partition coefficient (Wildman–Crippen LogP) is 4.88. The van der Waals surface area contributed by atoms with Gasteiger partial charge in [-0.3, -0.25) is 0 Å². The van der Waals surface area contributed by atoms with Crippen LogP contribution < -0.4 is 4.74 Å². The van der Waals surface area contributed by atoms with E-state index in [1.165, 1.54) is 0 Å². The van der Waals surface area contributed by atoms with Gasteiger partial charge >= 0.3 is 0 Å². The molecule has 0 aromatic heterocycles. The third-order valence-corrected chi connectivity index (χ3v) is 4.02. The minimum absolute atomic E-state index is 0.255. The number of ether oxygens (including phenoxy) is 3. The molecule has 1 aromatic carbocycles. The largest absolute Gasteiger partial charge is 0.489 e. The lowest BCUT2D eigenvalue weighted by Gasteiger charge is -2.36. The van der Waals surface area contributed by atoms with Gasteiger partial charge in [0.15, 0.2) is 6.29 Å². The van der Waals surface area contributed by atoms with E-state index in [2.05, 4.69) is 20.4 Å². The van der Waals surface area contributed by atoms with Crippen molar-refractivity contribution < 1.29 is 14.2 Å². The molecule has 0 radical (unpaired) electrons. The lowest BCUT2D eigenvalue weighted by Crippen LogP contribution is -2.35. The Morgan fingerprint density at radius 2 is 2.00 bits per heavy atom. The van der Waals surface area contributed by atoms with Crippen molar-refractivity contribution in [2.75, 3.05) is 13.2 Å². The average molecular weight is 304 g/mol. The summed E-state index contributed by atoms with van der Waals surface area (Å²) in [5.41, 5.74) is 2.06. The molecule has 2 rings (SSSR count). The highest BCUT2D eigenvalue weighted by molar-refractivity contribution is 5.28. The zero-order valence-corrected chi connectivity index (χ0v) is 14.0. The van der Waals surface area contributed by atoms with Gasteiger partial charge in [-0.2, -0.15) is 0 Å². The molecule has 1 heterocycles. The van der Waals surface area contributed by atoms with Gasteiger partial charge in [0, 0.05) is 11.5 Å². The summed E-state index contributed by atoms with van der Waals surface area (Å²) in [6.07, 6.45) is 3.38. The molecule has 1 aromatic rings. The first-order chi connectivity index (χ1) is 10.6. The van der Waals surface area contributed by atoms with E-state index in [-0.39, 0.29) is 6.29 Å². The van der Waals surface area contributed by atoms with Crippen LogP contribution in [-0.4, -0.2) is 19.3 Å². The number of rotatable bonds is 7. The van der Waals surface area contributed by atoms with E-state index in [0.717, 1.165) is 42.8 Å². The minimum atomic E-state index is -0.255. The summed E-state index contributed by atoms with van der Waals surface area (Å²) < 4.78 is 17.7. The van der Waals surface area contributed by atoms with Gasteiger partial charge in [-0.25, -0.2) is 0 Å². The second-order valence-electron chi connectivity index (χ2n) is 6.11. The SMILES string of the molecule is C=C(C)COc1ccc([C@H]2OC[C@@H](CC)[C@@H](CCC)O2)cc1. The van der Waals surface area contributed by atoms with E-state index in [0.29, 0.717) is 18.6 Å².